The maximum atomic E-state index is 11.0. The lowest BCUT2D eigenvalue weighted by molar-refractivity contribution is -0.272. The molecule has 7 N–H and O–H groups in total. The molecular formula is C6H13NO11S2. The van der Waals surface area contributed by atoms with Gasteiger partial charge in [-0.2, -0.15) is 16.8 Å². The number of rotatable bonds is 4. The van der Waals surface area contributed by atoms with Crippen molar-refractivity contribution in [2.24, 2.45) is 5.73 Å². The molecular weight excluding hydrogens is 326 g/mol. The Morgan fingerprint density at radius 2 is 1.65 bits per heavy atom. The molecule has 0 amide bonds. The first-order valence-corrected chi connectivity index (χ1v) is 7.71. The smallest absolute Gasteiger partial charge is 0.388 e. The van der Waals surface area contributed by atoms with E-state index in [1.165, 1.54) is 0 Å². The standard InChI is InChI=1S/C6H13NO11S2/c7-5-4(9)3(8)2(1-17-20(14,15)16)18-6(5,10)19(11,12)13/h2-5,8-10H,1,7H2,(H,11,12,13)(H,14,15,16)/t2-,3-,4+,5-,6?/m1/s1. The van der Waals surface area contributed by atoms with Crippen molar-refractivity contribution >= 4 is 20.5 Å². The second kappa shape index (κ2) is 5.41. The first kappa shape index (κ1) is 17.6. The Labute approximate surface area is 113 Å². The van der Waals surface area contributed by atoms with Gasteiger partial charge in [0, 0.05) is 0 Å². The first-order valence-electron chi connectivity index (χ1n) is 4.90. The van der Waals surface area contributed by atoms with E-state index >= 15 is 0 Å². The maximum Gasteiger partial charge on any atom is 0.397 e. The van der Waals surface area contributed by atoms with E-state index in [0.717, 1.165) is 0 Å². The lowest BCUT2D eigenvalue weighted by Crippen LogP contribution is -2.71. The average molecular weight is 339 g/mol. The van der Waals surface area contributed by atoms with Gasteiger partial charge in [-0.05, 0) is 0 Å². The number of hydrogen-bond acceptors (Lipinski definition) is 10. The molecule has 0 aromatic rings. The van der Waals surface area contributed by atoms with E-state index in [2.05, 4.69) is 8.92 Å². The minimum atomic E-state index is -5.35. The Kier molecular flexibility index (Phi) is 4.77. The molecule has 0 aliphatic carbocycles. The van der Waals surface area contributed by atoms with Gasteiger partial charge in [0.05, 0.1) is 6.61 Å². The van der Waals surface area contributed by atoms with Crippen molar-refractivity contribution in [1.29, 1.82) is 0 Å². The Balaban J connectivity index is 3.04. The zero-order valence-electron chi connectivity index (χ0n) is 9.60. The lowest BCUT2D eigenvalue weighted by atomic mass is 9.98. The van der Waals surface area contributed by atoms with Crippen molar-refractivity contribution < 1.29 is 50.2 Å². The molecule has 1 aliphatic rings. The Bertz CT molecular complexity index is 557. The van der Waals surface area contributed by atoms with Gasteiger partial charge in [-0.3, -0.25) is 9.11 Å². The summed E-state index contributed by atoms with van der Waals surface area (Å²) in [6.45, 7) is -1.15. The van der Waals surface area contributed by atoms with E-state index in [-0.39, 0.29) is 0 Å². The van der Waals surface area contributed by atoms with Crippen LogP contribution in [0.25, 0.3) is 0 Å². The van der Waals surface area contributed by atoms with Crippen LogP contribution in [0, 0.1) is 0 Å². The van der Waals surface area contributed by atoms with Crippen LogP contribution >= 0.6 is 0 Å². The van der Waals surface area contributed by atoms with Crippen LogP contribution in [-0.2, 0) is 29.4 Å². The molecule has 1 fully saturated rings. The summed E-state index contributed by atoms with van der Waals surface area (Å²) in [5.41, 5.74) is 5.14. The van der Waals surface area contributed by atoms with Gasteiger partial charge >= 0.3 is 25.6 Å². The number of aliphatic hydroxyl groups excluding tert-OH is 2. The van der Waals surface area contributed by atoms with Crippen LogP contribution < -0.4 is 5.73 Å². The van der Waals surface area contributed by atoms with Gasteiger partial charge in [0.15, 0.2) is 0 Å². The Morgan fingerprint density at radius 1 is 1.15 bits per heavy atom. The molecule has 14 heteroatoms. The fraction of sp³-hybridized carbons (Fsp3) is 1.00. The third-order valence-electron chi connectivity index (χ3n) is 2.59. The number of aliphatic hydroxyl groups is 3. The van der Waals surface area contributed by atoms with Crippen LogP contribution in [0.3, 0.4) is 0 Å². The molecule has 1 heterocycles. The number of ether oxygens (including phenoxy) is 1. The van der Waals surface area contributed by atoms with E-state index in [1.54, 1.807) is 0 Å². The van der Waals surface area contributed by atoms with Crippen LogP contribution in [0.4, 0.5) is 0 Å². The third-order valence-corrected chi connectivity index (χ3v) is 4.13. The zero-order chi connectivity index (χ0) is 15.9. The summed E-state index contributed by atoms with van der Waals surface area (Å²) in [7, 11) is -10.3. The quantitative estimate of drug-likeness (QED) is 0.269. The Hall–Kier alpha value is -0.420. The molecule has 0 radical (unpaired) electrons. The normalized spacial score (nSPS) is 39.7. The molecule has 0 bridgehead atoms. The van der Waals surface area contributed by atoms with Gasteiger partial charge in [-0.25, -0.2) is 4.18 Å². The van der Waals surface area contributed by atoms with E-state index in [1.807, 2.05) is 0 Å². The molecule has 0 spiro atoms. The molecule has 1 aliphatic heterocycles. The highest BCUT2D eigenvalue weighted by molar-refractivity contribution is 7.86. The summed E-state index contributed by atoms with van der Waals surface area (Å²) in [5.74, 6) is 0. The molecule has 5 atom stereocenters. The predicted octanol–water partition coefficient (Wildman–Crippen LogP) is -4.21. The monoisotopic (exact) mass is 339 g/mol. The minimum absolute atomic E-state index is 1.15. The molecule has 0 aromatic heterocycles. The van der Waals surface area contributed by atoms with E-state index in [9.17, 15) is 32.2 Å². The van der Waals surface area contributed by atoms with Crippen molar-refractivity contribution in [3.8, 4) is 0 Å². The molecule has 1 unspecified atom stereocenters. The minimum Gasteiger partial charge on any atom is -0.388 e. The first-order chi connectivity index (χ1) is 8.79. The molecule has 120 valence electrons. The van der Waals surface area contributed by atoms with Gasteiger partial charge in [-0.1, -0.05) is 0 Å². The van der Waals surface area contributed by atoms with E-state index in [4.69, 9.17) is 14.8 Å². The van der Waals surface area contributed by atoms with Crippen molar-refractivity contribution in [2.45, 2.75) is 29.5 Å². The molecule has 0 saturated carbocycles. The van der Waals surface area contributed by atoms with Gasteiger partial charge in [0.1, 0.15) is 24.4 Å². The van der Waals surface area contributed by atoms with Gasteiger partial charge in [0.2, 0.25) is 0 Å². The van der Waals surface area contributed by atoms with Crippen molar-refractivity contribution in [3.63, 3.8) is 0 Å². The van der Waals surface area contributed by atoms with Crippen LogP contribution in [0.1, 0.15) is 0 Å². The topological polar surface area (TPSA) is 214 Å². The molecule has 20 heavy (non-hydrogen) atoms. The third kappa shape index (κ3) is 3.42. The fourth-order valence-corrected chi connectivity index (χ4v) is 2.57. The van der Waals surface area contributed by atoms with Crippen molar-refractivity contribution in [2.75, 3.05) is 6.61 Å². The van der Waals surface area contributed by atoms with Gasteiger partial charge in [0.25, 0.3) is 0 Å². The molecule has 12 nitrogen and oxygen atoms in total. The van der Waals surface area contributed by atoms with Crippen LogP contribution in [0.2, 0.25) is 0 Å². The summed E-state index contributed by atoms with van der Waals surface area (Å²) in [4.78, 5) is 0. The second-order valence-electron chi connectivity index (χ2n) is 3.98. The highest BCUT2D eigenvalue weighted by atomic mass is 32.3. The number of hydrogen-bond donors (Lipinski definition) is 6. The summed E-state index contributed by atoms with van der Waals surface area (Å²) >= 11 is 0. The average Bonchev–Trinajstić information content (AvgIpc) is 2.27. The molecule has 0 aromatic carbocycles. The van der Waals surface area contributed by atoms with Crippen molar-refractivity contribution in [3.05, 3.63) is 0 Å². The molecule has 1 rings (SSSR count). The lowest BCUT2D eigenvalue weighted by Gasteiger charge is -2.43. The fourth-order valence-electron chi connectivity index (χ4n) is 1.53. The molecule has 1 saturated heterocycles. The van der Waals surface area contributed by atoms with Crippen LogP contribution in [0.5, 0.6) is 0 Å². The SMILES string of the molecule is N[C@@H]1[C@@H](O)[C@H](O)[C@@H](COS(=O)(=O)O)OC1(O)S(=O)(=O)O. The van der Waals surface area contributed by atoms with E-state index < -0.39 is 56.6 Å². The maximum absolute atomic E-state index is 11.0. The summed E-state index contributed by atoms with van der Waals surface area (Å²) < 4.78 is 68.2. The Morgan fingerprint density at radius 3 is 2.05 bits per heavy atom. The van der Waals surface area contributed by atoms with E-state index in [0.29, 0.717) is 0 Å². The number of nitrogens with two attached hydrogens (primary N) is 1. The van der Waals surface area contributed by atoms with Crippen LogP contribution in [-0.4, -0.2) is 77.3 Å². The van der Waals surface area contributed by atoms with Gasteiger partial charge < -0.3 is 25.8 Å². The largest absolute Gasteiger partial charge is 0.397 e. The summed E-state index contributed by atoms with van der Waals surface area (Å²) in [6, 6.07) is -2.14. The summed E-state index contributed by atoms with van der Waals surface area (Å²) in [6.07, 6.45) is -5.96. The van der Waals surface area contributed by atoms with Crippen molar-refractivity contribution in [1.82, 2.24) is 0 Å². The highest BCUT2D eigenvalue weighted by Gasteiger charge is 2.59. The van der Waals surface area contributed by atoms with Gasteiger partial charge in [-0.15, -0.1) is 0 Å². The predicted molar refractivity (Wildman–Crippen MR) is 58.9 cm³/mol. The highest BCUT2D eigenvalue weighted by Crippen LogP contribution is 2.31. The van der Waals surface area contributed by atoms with Crippen LogP contribution in [0.15, 0.2) is 0 Å². The zero-order valence-corrected chi connectivity index (χ0v) is 11.2. The summed E-state index contributed by atoms with van der Waals surface area (Å²) in [5, 5.41) is 25.1. The second-order valence-corrected chi connectivity index (χ2v) is 6.61.